The molecule has 2 rings (SSSR count). The number of rotatable bonds is 6. The Kier molecular flexibility index (Phi) is 5.35. The van der Waals surface area contributed by atoms with Gasteiger partial charge in [-0.1, -0.05) is 26.7 Å². The first-order valence-electron chi connectivity index (χ1n) is 7.94. The number of anilines is 1. The lowest BCUT2D eigenvalue weighted by atomic mass is 10.1. The molecule has 1 fully saturated rings. The van der Waals surface area contributed by atoms with Gasteiger partial charge in [-0.15, -0.1) is 0 Å². The standard InChI is InChI=1S/C16H28N4/c1-12(2)15-11-13(3)18-16(19-15)20(10-6-9-17)14-7-4-5-8-14/h11-12,14H,4-10,17H2,1-3H3. The third kappa shape index (κ3) is 3.69. The molecule has 0 bridgehead atoms. The second-order valence-electron chi connectivity index (χ2n) is 6.16. The zero-order chi connectivity index (χ0) is 14.5. The van der Waals surface area contributed by atoms with E-state index in [9.17, 15) is 0 Å². The first kappa shape index (κ1) is 15.2. The van der Waals surface area contributed by atoms with E-state index in [2.05, 4.69) is 36.7 Å². The maximum Gasteiger partial charge on any atom is 0.226 e. The molecule has 112 valence electrons. The molecule has 1 aromatic rings. The summed E-state index contributed by atoms with van der Waals surface area (Å²) in [7, 11) is 0. The topological polar surface area (TPSA) is 55.0 Å². The number of nitrogens with zero attached hydrogens (tertiary/aromatic N) is 3. The van der Waals surface area contributed by atoms with Gasteiger partial charge in [0.1, 0.15) is 0 Å². The van der Waals surface area contributed by atoms with Gasteiger partial charge in [0.2, 0.25) is 5.95 Å². The average Bonchev–Trinajstić information content (AvgIpc) is 2.92. The van der Waals surface area contributed by atoms with Crippen LogP contribution >= 0.6 is 0 Å². The highest BCUT2D eigenvalue weighted by Gasteiger charge is 2.24. The van der Waals surface area contributed by atoms with E-state index >= 15 is 0 Å². The van der Waals surface area contributed by atoms with E-state index in [0.717, 1.165) is 36.8 Å². The average molecular weight is 276 g/mol. The predicted molar refractivity (Wildman–Crippen MR) is 84.1 cm³/mol. The van der Waals surface area contributed by atoms with E-state index < -0.39 is 0 Å². The van der Waals surface area contributed by atoms with Crippen molar-refractivity contribution in [1.82, 2.24) is 9.97 Å². The summed E-state index contributed by atoms with van der Waals surface area (Å²) in [5.74, 6) is 1.35. The molecular weight excluding hydrogens is 248 g/mol. The molecule has 0 saturated heterocycles. The second-order valence-corrected chi connectivity index (χ2v) is 6.16. The van der Waals surface area contributed by atoms with Gasteiger partial charge in [-0.25, -0.2) is 9.97 Å². The Morgan fingerprint density at radius 3 is 2.60 bits per heavy atom. The zero-order valence-corrected chi connectivity index (χ0v) is 13.1. The zero-order valence-electron chi connectivity index (χ0n) is 13.1. The maximum atomic E-state index is 5.69. The van der Waals surface area contributed by atoms with Crippen molar-refractivity contribution in [2.45, 2.75) is 64.8 Å². The number of aromatic nitrogens is 2. The van der Waals surface area contributed by atoms with Gasteiger partial charge in [0.25, 0.3) is 0 Å². The minimum atomic E-state index is 0.440. The van der Waals surface area contributed by atoms with Crippen molar-refractivity contribution in [2.75, 3.05) is 18.0 Å². The molecule has 0 aliphatic heterocycles. The SMILES string of the molecule is Cc1cc(C(C)C)nc(N(CCCN)C2CCCC2)n1. The van der Waals surface area contributed by atoms with Crippen LogP contribution in [-0.2, 0) is 0 Å². The third-order valence-corrected chi connectivity index (χ3v) is 4.08. The van der Waals surface area contributed by atoms with E-state index in [1.54, 1.807) is 0 Å². The Bertz CT molecular complexity index is 424. The highest BCUT2D eigenvalue weighted by molar-refractivity contribution is 5.35. The lowest BCUT2D eigenvalue weighted by Crippen LogP contribution is -2.36. The van der Waals surface area contributed by atoms with Crippen LogP contribution in [0.3, 0.4) is 0 Å². The number of hydrogen-bond acceptors (Lipinski definition) is 4. The fourth-order valence-corrected chi connectivity index (χ4v) is 2.92. The van der Waals surface area contributed by atoms with E-state index in [4.69, 9.17) is 10.7 Å². The summed E-state index contributed by atoms with van der Waals surface area (Å²) in [6, 6.07) is 2.70. The molecule has 0 spiro atoms. The van der Waals surface area contributed by atoms with Crippen LogP contribution in [-0.4, -0.2) is 29.1 Å². The number of hydrogen-bond donors (Lipinski definition) is 1. The molecule has 1 heterocycles. The van der Waals surface area contributed by atoms with Crippen LogP contribution in [0.25, 0.3) is 0 Å². The Balaban J connectivity index is 2.26. The quantitative estimate of drug-likeness (QED) is 0.867. The van der Waals surface area contributed by atoms with Crippen molar-refractivity contribution in [3.63, 3.8) is 0 Å². The molecule has 2 N–H and O–H groups in total. The van der Waals surface area contributed by atoms with Crippen LogP contribution in [0.5, 0.6) is 0 Å². The van der Waals surface area contributed by atoms with Crippen molar-refractivity contribution in [3.8, 4) is 0 Å². The Labute approximate surface area is 122 Å². The fourth-order valence-electron chi connectivity index (χ4n) is 2.92. The summed E-state index contributed by atoms with van der Waals surface area (Å²) >= 11 is 0. The molecule has 0 unspecified atom stereocenters. The lowest BCUT2D eigenvalue weighted by molar-refractivity contribution is 0.576. The number of nitrogens with two attached hydrogens (primary N) is 1. The summed E-state index contributed by atoms with van der Waals surface area (Å²) in [5, 5.41) is 0. The monoisotopic (exact) mass is 276 g/mol. The van der Waals surface area contributed by atoms with E-state index in [1.807, 2.05) is 0 Å². The molecule has 4 nitrogen and oxygen atoms in total. The van der Waals surface area contributed by atoms with Crippen molar-refractivity contribution >= 4 is 5.95 Å². The van der Waals surface area contributed by atoms with Crippen LogP contribution in [0.2, 0.25) is 0 Å². The molecule has 4 heteroatoms. The molecule has 0 radical (unpaired) electrons. The van der Waals surface area contributed by atoms with Crippen LogP contribution in [0.1, 0.15) is 63.3 Å². The summed E-state index contributed by atoms with van der Waals surface area (Å²) in [6.07, 6.45) is 6.18. The smallest absolute Gasteiger partial charge is 0.226 e. The molecule has 1 aromatic heterocycles. The Hall–Kier alpha value is -1.16. The highest BCUT2D eigenvalue weighted by atomic mass is 15.3. The van der Waals surface area contributed by atoms with E-state index in [-0.39, 0.29) is 0 Å². The van der Waals surface area contributed by atoms with Gasteiger partial charge in [-0.05, 0) is 44.7 Å². The van der Waals surface area contributed by atoms with Gasteiger partial charge in [0, 0.05) is 24.0 Å². The molecular formula is C16H28N4. The normalized spacial score (nSPS) is 16.1. The summed E-state index contributed by atoms with van der Waals surface area (Å²) in [5.41, 5.74) is 7.90. The van der Waals surface area contributed by atoms with Crippen molar-refractivity contribution < 1.29 is 0 Å². The van der Waals surface area contributed by atoms with Gasteiger partial charge >= 0.3 is 0 Å². The number of aryl methyl sites for hydroxylation is 1. The third-order valence-electron chi connectivity index (χ3n) is 4.08. The van der Waals surface area contributed by atoms with E-state index in [0.29, 0.717) is 12.0 Å². The highest BCUT2D eigenvalue weighted by Crippen LogP contribution is 2.27. The van der Waals surface area contributed by atoms with Crippen LogP contribution < -0.4 is 10.6 Å². The Morgan fingerprint density at radius 2 is 2.00 bits per heavy atom. The minimum absolute atomic E-state index is 0.440. The maximum absolute atomic E-state index is 5.69. The molecule has 20 heavy (non-hydrogen) atoms. The van der Waals surface area contributed by atoms with Crippen molar-refractivity contribution in [3.05, 3.63) is 17.5 Å². The molecule has 0 amide bonds. The molecule has 0 atom stereocenters. The van der Waals surface area contributed by atoms with Crippen LogP contribution in [0.15, 0.2) is 6.07 Å². The first-order chi connectivity index (χ1) is 9.61. The van der Waals surface area contributed by atoms with Gasteiger partial charge in [0.05, 0.1) is 0 Å². The van der Waals surface area contributed by atoms with Gasteiger partial charge in [0.15, 0.2) is 0 Å². The van der Waals surface area contributed by atoms with Crippen molar-refractivity contribution in [1.29, 1.82) is 0 Å². The fraction of sp³-hybridized carbons (Fsp3) is 0.750. The van der Waals surface area contributed by atoms with Crippen LogP contribution in [0.4, 0.5) is 5.95 Å². The molecule has 0 aromatic carbocycles. The Morgan fingerprint density at radius 1 is 1.30 bits per heavy atom. The first-order valence-corrected chi connectivity index (χ1v) is 7.94. The summed E-state index contributed by atoms with van der Waals surface area (Å²) in [6.45, 7) is 8.14. The van der Waals surface area contributed by atoms with Gasteiger partial charge in [-0.2, -0.15) is 0 Å². The van der Waals surface area contributed by atoms with Gasteiger partial charge in [-0.3, -0.25) is 0 Å². The summed E-state index contributed by atoms with van der Waals surface area (Å²) < 4.78 is 0. The molecule has 1 saturated carbocycles. The van der Waals surface area contributed by atoms with Gasteiger partial charge < -0.3 is 10.6 Å². The minimum Gasteiger partial charge on any atom is -0.338 e. The van der Waals surface area contributed by atoms with E-state index in [1.165, 1.54) is 25.7 Å². The molecule has 1 aliphatic rings. The molecule has 1 aliphatic carbocycles. The predicted octanol–water partition coefficient (Wildman–Crippen LogP) is 3.01. The van der Waals surface area contributed by atoms with Crippen LogP contribution in [0, 0.1) is 6.92 Å². The second kappa shape index (κ2) is 7.02. The largest absolute Gasteiger partial charge is 0.338 e. The lowest BCUT2D eigenvalue weighted by Gasteiger charge is -2.29. The summed E-state index contributed by atoms with van der Waals surface area (Å²) in [4.78, 5) is 11.9. The van der Waals surface area contributed by atoms with Crippen molar-refractivity contribution in [2.24, 2.45) is 5.73 Å².